The number of Topliss-reactive ketones (excluding diaryl/α,β-unsaturated/α-hetero) is 1. The third-order valence-electron chi connectivity index (χ3n) is 5.43. The monoisotopic (exact) mass is 394 g/mol. The summed E-state index contributed by atoms with van der Waals surface area (Å²) in [6, 6.07) is 21.1. The van der Waals surface area contributed by atoms with Gasteiger partial charge in [0.15, 0.2) is 5.78 Å². The van der Waals surface area contributed by atoms with Crippen LogP contribution in [-0.2, 0) is 14.0 Å². The number of carbonyl (C=O) groups excluding carboxylic acids is 1. The van der Waals surface area contributed by atoms with Crippen LogP contribution in [0.25, 0.3) is 0 Å². The van der Waals surface area contributed by atoms with Gasteiger partial charge in [0.1, 0.15) is 6.10 Å². The second-order valence-electron chi connectivity index (χ2n) is 8.42. The van der Waals surface area contributed by atoms with Crippen molar-refractivity contribution in [2.75, 3.05) is 6.61 Å². The van der Waals surface area contributed by atoms with E-state index in [9.17, 15) is 4.79 Å². The van der Waals surface area contributed by atoms with Crippen molar-refractivity contribution < 1.29 is 14.0 Å². The van der Waals surface area contributed by atoms with Gasteiger partial charge < -0.3 is 9.16 Å². The predicted molar refractivity (Wildman–Crippen MR) is 117 cm³/mol. The quantitative estimate of drug-likeness (QED) is 0.528. The molecule has 1 aliphatic heterocycles. The number of benzene rings is 2. The fraction of sp³-hybridized carbons (Fsp3) is 0.375. The fourth-order valence-electron chi connectivity index (χ4n) is 4.13. The maximum atomic E-state index is 12.2. The molecule has 0 bridgehead atoms. The molecule has 28 heavy (non-hydrogen) atoms. The molecule has 0 aliphatic carbocycles. The van der Waals surface area contributed by atoms with Crippen molar-refractivity contribution in [3.05, 3.63) is 73.3 Å². The Balaban J connectivity index is 1.95. The molecule has 1 heterocycles. The maximum absolute atomic E-state index is 12.2. The highest BCUT2D eigenvalue weighted by atomic mass is 28.4. The van der Waals surface area contributed by atoms with Crippen molar-refractivity contribution in [2.24, 2.45) is 0 Å². The molecule has 2 aromatic carbocycles. The van der Waals surface area contributed by atoms with Gasteiger partial charge in [0.05, 0.1) is 12.7 Å². The number of ether oxygens (including phenoxy) is 1. The van der Waals surface area contributed by atoms with E-state index in [0.717, 1.165) is 0 Å². The van der Waals surface area contributed by atoms with E-state index < -0.39 is 8.32 Å². The van der Waals surface area contributed by atoms with Crippen LogP contribution < -0.4 is 10.4 Å². The van der Waals surface area contributed by atoms with Gasteiger partial charge in [-0.25, -0.2) is 0 Å². The first-order chi connectivity index (χ1) is 13.4. The van der Waals surface area contributed by atoms with Gasteiger partial charge >= 0.3 is 0 Å². The number of rotatable bonds is 7. The topological polar surface area (TPSA) is 35.5 Å². The molecule has 2 atom stereocenters. The van der Waals surface area contributed by atoms with E-state index in [0.29, 0.717) is 19.4 Å². The molecule has 0 aromatic heterocycles. The smallest absolute Gasteiger partial charge is 0.261 e. The SMILES string of the molecule is C=CC[C@@H]1O[C@@H](CO[Si](c2ccccc2)(c2ccccc2)C(C)(C)C)CC1=O. The molecule has 1 aliphatic rings. The Kier molecular flexibility index (Phi) is 6.33. The zero-order chi connectivity index (χ0) is 20.2. The average Bonchev–Trinajstić information content (AvgIpc) is 3.03. The Hall–Kier alpha value is -2.01. The highest BCUT2D eigenvalue weighted by Gasteiger charge is 2.50. The first kappa shape index (κ1) is 20.7. The summed E-state index contributed by atoms with van der Waals surface area (Å²) >= 11 is 0. The summed E-state index contributed by atoms with van der Waals surface area (Å²) in [5.41, 5.74) is 0. The molecule has 0 saturated carbocycles. The van der Waals surface area contributed by atoms with Gasteiger partial charge in [-0.2, -0.15) is 0 Å². The van der Waals surface area contributed by atoms with E-state index in [4.69, 9.17) is 9.16 Å². The molecule has 0 N–H and O–H groups in total. The summed E-state index contributed by atoms with van der Waals surface area (Å²) in [5, 5.41) is 2.39. The molecule has 3 rings (SSSR count). The summed E-state index contributed by atoms with van der Waals surface area (Å²) in [5.74, 6) is 0.149. The summed E-state index contributed by atoms with van der Waals surface area (Å²) < 4.78 is 12.8. The van der Waals surface area contributed by atoms with Gasteiger partial charge in [-0.1, -0.05) is 87.5 Å². The Bertz CT molecular complexity index is 756. The third-order valence-corrected chi connectivity index (χ3v) is 10.4. The van der Waals surface area contributed by atoms with Crippen LogP contribution in [0.1, 0.15) is 33.6 Å². The van der Waals surface area contributed by atoms with E-state index in [-0.39, 0.29) is 23.0 Å². The Morgan fingerprint density at radius 1 is 1.07 bits per heavy atom. The number of carbonyl (C=O) groups is 1. The summed E-state index contributed by atoms with van der Waals surface area (Å²) in [6.45, 7) is 10.9. The maximum Gasteiger partial charge on any atom is 0.261 e. The van der Waals surface area contributed by atoms with Crippen LogP contribution in [-0.4, -0.2) is 32.9 Å². The van der Waals surface area contributed by atoms with Crippen LogP contribution >= 0.6 is 0 Å². The molecule has 0 amide bonds. The first-order valence-electron chi connectivity index (χ1n) is 9.92. The molecular formula is C24H30O3Si. The van der Waals surface area contributed by atoms with Crippen molar-refractivity contribution in [2.45, 2.75) is 50.9 Å². The minimum absolute atomic E-state index is 0.0845. The van der Waals surface area contributed by atoms with Gasteiger partial charge in [-0.15, -0.1) is 6.58 Å². The number of hydrogen-bond donors (Lipinski definition) is 0. The van der Waals surface area contributed by atoms with Crippen molar-refractivity contribution in [1.82, 2.24) is 0 Å². The minimum Gasteiger partial charge on any atom is -0.405 e. The highest BCUT2D eigenvalue weighted by Crippen LogP contribution is 2.37. The van der Waals surface area contributed by atoms with Gasteiger partial charge in [0.2, 0.25) is 0 Å². The number of hydrogen-bond acceptors (Lipinski definition) is 3. The second kappa shape index (κ2) is 8.56. The molecule has 0 spiro atoms. The molecule has 148 valence electrons. The summed E-state index contributed by atoms with van der Waals surface area (Å²) in [7, 11) is -2.59. The summed E-state index contributed by atoms with van der Waals surface area (Å²) in [4.78, 5) is 12.2. The van der Waals surface area contributed by atoms with Crippen molar-refractivity contribution in [1.29, 1.82) is 0 Å². The van der Waals surface area contributed by atoms with Gasteiger partial charge in [-0.3, -0.25) is 4.79 Å². The fourth-order valence-corrected chi connectivity index (χ4v) is 8.72. The van der Waals surface area contributed by atoms with Crippen LogP contribution in [0.2, 0.25) is 5.04 Å². The van der Waals surface area contributed by atoms with E-state index >= 15 is 0 Å². The molecule has 3 nitrogen and oxygen atoms in total. The van der Waals surface area contributed by atoms with Crippen LogP contribution in [0.3, 0.4) is 0 Å². The lowest BCUT2D eigenvalue weighted by Gasteiger charge is -2.43. The zero-order valence-electron chi connectivity index (χ0n) is 17.1. The Morgan fingerprint density at radius 3 is 2.07 bits per heavy atom. The third kappa shape index (κ3) is 4.04. The number of ketones is 1. The van der Waals surface area contributed by atoms with Crippen LogP contribution in [0, 0.1) is 0 Å². The van der Waals surface area contributed by atoms with Crippen LogP contribution in [0.4, 0.5) is 0 Å². The Morgan fingerprint density at radius 2 is 1.61 bits per heavy atom. The molecule has 1 fully saturated rings. The van der Waals surface area contributed by atoms with E-state index in [1.54, 1.807) is 6.08 Å². The standard InChI is InChI=1S/C24H30O3Si/c1-5-12-23-22(25)17-19(27-23)18-26-28(24(2,3)4,20-13-8-6-9-14-20)21-15-10-7-11-16-21/h5-11,13-16,19,23H,1,12,17-18H2,2-4H3/t19-,23+/m1/s1. The van der Waals surface area contributed by atoms with Gasteiger partial charge in [-0.05, 0) is 21.8 Å². The molecule has 0 unspecified atom stereocenters. The Labute approximate surface area is 169 Å². The molecule has 4 heteroatoms. The van der Waals surface area contributed by atoms with Gasteiger partial charge in [0, 0.05) is 6.42 Å². The molecule has 1 saturated heterocycles. The lowest BCUT2D eigenvalue weighted by Crippen LogP contribution is -2.67. The largest absolute Gasteiger partial charge is 0.405 e. The van der Waals surface area contributed by atoms with Crippen molar-refractivity contribution >= 4 is 24.5 Å². The van der Waals surface area contributed by atoms with Crippen LogP contribution in [0.5, 0.6) is 0 Å². The predicted octanol–water partition coefficient (Wildman–Crippen LogP) is 3.87. The summed E-state index contributed by atoms with van der Waals surface area (Å²) in [6.07, 6.45) is 2.16. The van der Waals surface area contributed by atoms with E-state index in [2.05, 4.69) is 75.9 Å². The zero-order valence-corrected chi connectivity index (χ0v) is 18.1. The molecule has 2 aromatic rings. The van der Waals surface area contributed by atoms with E-state index in [1.165, 1.54) is 10.4 Å². The van der Waals surface area contributed by atoms with E-state index in [1.807, 2.05) is 12.1 Å². The van der Waals surface area contributed by atoms with Crippen molar-refractivity contribution in [3.63, 3.8) is 0 Å². The lowest BCUT2D eigenvalue weighted by atomic mass is 10.1. The second-order valence-corrected chi connectivity index (χ2v) is 12.7. The molecular weight excluding hydrogens is 364 g/mol. The highest BCUT2D eigenvalue weighted by molar-refractivity contribution is 6.99. The molecule has 0 radical (unpaired) electrons. The average molecular weight is 395 g/mol. The first-order valence-corrected chi connectivity index (χ1v) is 11.8. The normalized spacial score (nSPS) is 20.3. The van der Waals surface area contributed by atoms with Crippen molar-refractivity contribution in [3.8, 4) is 0 Å². The lowest BCUT2D eigenvalue weighted by molar-refractivity contribution is -0.122. The minimum atomic E-state index is -2.59. The van der Waals surface area contributed by atoms with Crippen LogP contribution in [0.15, 0.2) is 73.3 Å². The van der Waals surface area contributed by atoms with Gasteiger partial charge in [0.25, 0.3) is 8.32 Å².